The first-order valence-electron chi connectivity index (χ1n) is 10.8. The lowest BCUT2D eigenvalue weighted by molar-refractivity contribution is -0.138. The van der Waals surface area contributed by atoms with Gasteiger partial charge in [0.2, 0.25) is 11.8 Å². The summed E-state index contributed by atoms with van der Waals surface area (Å²) in [6, 6.07) is 8.39. The molecule has 28 heavy (non-hydrogen) atoms. The fraction of sp³-hybridized carbons (Fsp3) is 0.652. The summed E-state index contributed by atoms with van der Waals surface area (Å²) in [7, 11) is 1.67. The minimum atomic E-state index is 0.0900. The van der Waals surface area contributed by atoms with Gasteiger partial charge in [-0.1, -0.05) is 25.0 Å². The maximum Gasteiger partial charge on any atom is 0.223 e. The van der Waals surface area contributed by atoms with Crippen molar-refractivity contribution in [2.45, 2.75) is 69.9 Å². The van der Waals surface area contributed by atoms with Crippen molar-refractivity contribution in [2.75, 3.05) is 20.2 Å². The third kappa shape index (κ3) is 3.63. The summed E-state index contributed by atoms with van der Waals surface area (Å²) < 4.78 is 5.30. The van der Waals surface area contributed by atoms with Crippen molar-refractivity contribution in [3.05, 3.63) is 29.8 Å². The Morgan fingerprint density at radius 1 is 1.04 bits per heavy atom. The molecule has 0 radical (unpaired) electrons. The number of methoxy groups -OCH3 is 1. The number of ether oxygens (including phenoxy) is 1. The molecule has 0 N–H and O–H groups in total. The second-order valence-electron chi connectivity index (χ2n) is 8.69. The summed E-state index contributed by atoms with van der Waals surface area (Å²) in [6.45, 7) is 3.18. The third-order valence-corrected chi connectivity index (χ3v) is 7.07. The molecular formula is C23H32N2O3. The number of nitrogens with zero attached hydrogens (tertiary/aromatic N) is 2. The molecule has 0 aromatic heterocycles. The molecule has 2 saturated heterocycles. The van der Waals surface area contributed by atoms with E-state index in [1.165, 1.54) is 31.2 Å². The SMILES string of the molecule is COc1ccc([C@H]2CN(C(=O)CC3CCCC3)[C@@H]3CCCN(C(C)=O)[C@H]23)cc1. The van der Waals surface area contributed by atoms with Gasteiger partial charge in [0.25, 0.3) is 0 Å². The highest BCUT2D eigenvalue weighted by Crippen LogP contribution is 2.41. The first kappa shape index (κ1) is 19.3. The highest BCUT2D eigenvalue weighted by molar-refractivity contribution is 5.79. The number of rotatable bonds is 4. The highest BCUT2D eigenvalue weighted by atomic mass is 16.5. The van der Waals surface area contributed by atoms with Crippen LogP contribution in [0.1, 0.15) is 63.4 Å². The molecule has 3 atom stereocenters. The summed E-state index contributed by atoms with van der Waals surface area (Å²) in [5.41, 5.74) is 1.19. The van der Waals surface area contributed by atoms with Crippen molar-refractivity contribution in [3.8, 4) is 5.75 Å². The molecule has 2 aliphatic heterocycles. The van der Waals surface area contributed by atoms with Gasteiger partial charge in [-0.15, -0.1) is 0 Å². The molecule has 2 heterocycles. The lowest BCUT2D eigenvalue weighted by Crippen LogP contribution is -2.53. The zero-order chi connectivity index (χ0) is 19.7. The molecule has 5 nitrogen and oxygen atoms in total. The van der Waals surface area contributed by atoms with Gasteiger partial charge in [0.05, 0.1) is 19.2 Å². The topological polar surface area (TPSA) is 49.9 Å². The van der Waals surface area contributed by atoms with Crippen LogP contribution in [0.15, 0.2) is 24.3 Å². The van der Waals surface area contributed by atoms with Crippen LogP contribution in [0.3, 0.4) is 0 Å². The molecule has 3 aliphatic rings. The molecule has 1 aliphatic carbocycles. The van der Waals surface area contributed by atoms with Gasteiger partial charge in [0.1, 0.15) is 5.75 Å². The maximum absolute atomic E-state index is 13.2. The Balaban J connectivity index is 1.60. The van der Waals surface area contributed by atoms with E-state index in [2.05, 4.69) is 17.0 Å². The van der Waals surface area contributed by atoms with Gasteiger partial charge in [-0.3, -0.25) is 9.59 Å². The summed E-state index contributed by atoms with van der Waals surface area (Å²) in [5.74, 6) is 1.98. The van der Waals surface area contributed by atoms with E-state index in [-0.39, 0.29) is 23.9 Å². The number of carbonyl (C=O) groups excluding carboxylic acids is 2. The van der Waals surface area contributed by atoms with Crippen LogP contribution in [0, 0.1) is 5.92 Å². The average Bonchev–Trinajstić information content (AvgIpc) is 3.35. The Hall–Kier alpha value is -2.04. The largest absolute Gasteiger partial charge is 0.497 e. The van der Waals surface area contributed by atoms with Crippen LogP contribution >= 0.6 is 0 Å². The molecule has 0 spiro atoms. The quantitative estimate of drug-likeness (QED) is 0.797. The van der Waals surface area contributed by atoms with Crippen molar-refractivity contribution >= 4 is 11.8 Å². The van der Waals surface area contributed by atoms with E-state index in [1.807, 2.05) is 17.0 Å². The summed E-state index contributed by atoms with van der Waals surface area (Å²) >= 11 is 0. The van der Waals surface area contributed by atoms with Gasteiger partial charge in [0, 0.05) is 32.4 Å². The standard InChI is InChI=1S/C23H32N2O3/c1-16(26)24-13-5-8-21-23(24)20(18-9-11-19(28-2)12-10-18)15-25(21)22(27)14-17-6-3-4-7-17/h9-12,17,20-21,23H,3-8,13-15H2,1-2H3/t20-,21-,23-/m1/s1. The van der Waals surface area contributed by atoms with Crippen molar-refractivity contribution in [1.82, 2.24) is 9.80 Å². The normalized spacial score (nSPS) is 27.7. The van der Waals surface area contributed by atoms with Crippen LogP contribution in [0.5, 0.6) is 5.75 Å². The molecule has 2 amide bonds. The number of benzene rings is 1. The molecule has 4 rings (SSSR count). The molecule has 5 heteroatoms. The van der Waals surface area contributed by atoms with Gasteiger partial charge in [-0.25, -0.2) is 0 Å². The first-order chi connectivity index (χ1) is 13.6. The Kier molecular flexibility index (Phi) is 5.61. The number of amides is 2. The smallest absolute Gasteiger partial charge is 0.223 e. The van der Waals surface area contributed by atoms with E-state index in [9.17, 15) is 9.59 Å². The maximum atomic E-state index is 13.2. The van der Waals surface area contributed by atoms with Crippen LogP contribution < -0.4 is 4.74 Å². The van der Waals surface area contributed by atoms with Crippen LogP contribution in [-0.2, 0) is 9.59 Å². The number of piperidine rings is 1. The first-order valence-corrected chi connectivity index (χ1v) is 10.8. The zero-order valence-electron chi connectivity index (χ0n) is 17.1. The van der Waals surface area contributed by atoms with Crippen molar-refractivity contribution in [1.29, 1.82) is 0 Å². The molecule has 1 saturated carbocycles. The fourth-order valence-corrected chi connectivity index (χ4v) is 5.67. The second kappa shape index (κ2) is 8.14. The van der Waals surface area contributed by atoms with E-state index in [0.29, 0.717) is 18.2 Å². The lowest BCUT2D eigenvalue weighted by Gasteiger charge is -2.41. The van der Waals surface area contributed by atoms with Crippen molar-refractivity contribution in [3.63, 3.8) is 0 Å². The summed E-state index contributed by atoms with van der Waals surface area (Å²) in [6.07, 6.45) is 7.55. The Bertz CT molecular complexity index is 711. The van der Waals surface area contributed by atoms with E-state index in [0.717, 1.165) is 31.7 Å². The van der Waals surface area contributed by atoms with Gasteiger partial charge in [0.15, 0.2) is 0 Å². The van der Waals surface area contributed by atoms with Crippen molar-refractivity contribution in [2.24, 2.45) is 5.92 Å². The minimum Gasteiger partial charge on any atom is -0.497 e. The van der Waals surface area contributed by atoms with Crippen LogP contribution in [0.4, 0.5) is 0 Å². The molecule has 3 fully saturated rings. The predicted octanol–water partition coefficient (Wildman–Crippen LogP) is 3.58. The van der Waals surface area contributed by atoms with Crippen LogP contribution in [0.25, 0.3) is 0 Å². The van der Waals surface area contributed by atoms with Gasteiger partial charge in [-0.2, -0.15) is 0 Å². The zero-order valence-corrected chi connectivity index (χ0v) is 17.1. The third-order valence-electron chi connectivity index (χ3n) is 7.07. The van der Waals surface area contributed by atoms with Gasteiger partial charge in [-0.05, 0) is 49.3 Å². The second-order valence-corrected chi connectivity index (χ2v) is 8.69. The Morgan fingerprint density at radius 2 is 1.75 bits per heavy atom. The van der Waals surface area contributed by atoms with E-state index < -0.39 is 0 Å². The van der Waals surface area contributed by atoms with Crippen molar-refractivity contribution < 1.29 is 14.3 Å². The summed E-state index contributed by atoms with van der Waals surface area (Å²) in [5, 5.41) is 0. The van der Waals surface area contributed by atoms with E-state index in [1.54, 1.807) is 14.0 Å². The number of fused-ring (bicyclic) bond motifs is 1. The minimum absolute atomic E-state index is 0.0900. The molecule has 1 aromatic carbocycles. The number of carbonyl (C=O) groups is 2. The molecule has 0 bridgehead atoms. The van der Waals surface area contributed by atoms with Crippen LogP contribution in [-0.4, -0.2) is 53.9 Å². The number of hydrogen-bond acceptors (Lipinski definition) is 3. The Labute approximate surface area is 168 Å². The molecular weight excluding hydrogens is 352 g/mol. The van der Waals surface area contributed by atoms with Gasteiger partial charge < -0.3 is 14.5 Å². The summed E-state index contributed by atoms with van der Waals surface area (Å²) in [4.78, 5) is 29.7. The van der Waals surface area contributed by atoms with E-state index >= 15 is 0 Å². The number of likely N-dealkylation sites (tertiary alicyclic amines) is 2. The van der Waals surface area contributed by atoms with Gasteiger partial charge >= 0.3 is 0 Å². The molecule has 0 unspecified atom stereocenters. The molecule has 1 aromatic rings. The number of hydrogen-bond donors (Lipinski definition) is 0. The molecule has 152 valence electrons. The average molecular weight is 385 g/mol. The fourth-order valence-electron chi connectivity index (χ4n) is 5.67. The highest BCUT2D eigenvalue weighted by Gasteiger charge is 2.49. The lowest BCUT2D eigenvalue weighted by atomic mass is 9.86. The Morgan fingerprint density at radius 3 is 2.39 bits per heavy atom. The van der Waals surface area contributed by atoms with E-state index in [4.69, 9.17) is 4.74 Å². The van der Waals surface area contributed by atoms with Crippen LogP contribution in [0.2, 0.25) is 0 Å². The monoisotopic (exact) mass is 384 g/mol. The predicted molar refractivity (Wildman–Crippen MR) is 108 cm³/mol.